The normalized spacial score (nSPS) is 11.6. The second kappa shape index (κ2) is 5.54. The molecule has 0 saturated heterocycles. The standard InChI is InChI=1S/C8H15N/c1-4-6-7-8(3)9-5-2/h5H,2,4,6-7H2,1,3H3. The fourth-order valence-corrected chi connectivity index (χ4v) is 0.653. The Kier molecular flexibility index (Phi) is 5.18. The predicted molar refractivity (Wildman–Crippen MR) is 42.8 cm³/mol. The summed E-state index contributed by atoms with van der Waals surface area (Å²) < 4.78 is 0. The molecule has 0 aliphatic carbocycles. The number of hydrogen-bond donors (Lipinski definition) is 0. The molecule has 0 heterocycles. The average molecular weight is 125 g/mol. The van der Waals surface area contributed by atoms with Crippen LogP contribution in [0.5, 0.6) is 0 Å². The Hall–Kier alpha value is -0.590. The molecule has 9 heavy (non-hydrogen) atoms. The van der Waals surface area contributed by atoms with E-state index >= 15 is 0 Å². The van der Waals surface area contributed by atoms with Crippen LogP contribution in [0.25, 0.3) is 0 Å². The molecule has 0 aromatic rings. The third kappa shape index (κ3) is 5.28. The molecular formula is C8H15N. The lowest BCUT2D eigenvalue weighted by Gasteiger charge is -1.93. The highest BCUT2D eigenvalue weighted by Gasteiger charge is 1.86. The van der Waals surface area contributed by atoms with Crippen LogP contribution in [0.4, 0.5) is 0 Å². The van der Waals surface area contributed by atoms with Crippen LogP contribution in [0.1, 0.15) is 33.1 Å². The maximum absolute atomic E-state index is 4.04. The average Bonchev–Trinajstić information content (AvgIpc) is 1.85. The van der Waals surface area contributed by atoms with E-state index in [4.69, 9.17) is 0 Å². The molecule has 0 unspecified atom stereocenters. The Morgan fingerprint density at radius 3 is 2.78 bits per heavy atom. The summed E-state index contributed by atoms with van der Waals surface area (Å²) in [5, 5.41) is 0. The summed E-state index contributed by atoms with van der Waals surface area (Å²) in [6, 6.07) is 0. The van der Waals surface area contributed by atoms with Gasteiger partial charge in [0, 0.05) is 11.9 Å². The first-order chi connectivity index (χ1) is 4.31. The topological polar surface area (TPSA) is 12.4 Å². The molecule has 0 radical (unpaired) electrons. The molecule has 0 atom stereocenters. The smallest absolute Gasteiger partial charge is 0.0195 e. The molecule has 0 aliphatic heterocycles. The van der Waals surface area contributed by atoms with Gasteiger partial charge in [-0.05, 0) is 19.8 Å². The van der Waals surface area contributed by atoms with Crippen molar-refractivity contribution in [1.82, 2.24) is 0 Å². The lowest BCUT2D eigenvalue weighted by atomic mass is 10.2. The first kappa shape index (κ1) is 8.41. The number of aliphatic imine (C=N–C) groups is 1. The molecule has 52 valence electrons. The van der Waals surface area contributed by atoms with E-state index in [9.17, 15) is 0 Å². The van der Waals surface area contributed by atoms with Gasteiger partial charge in [-0.1, -0.05) is 19.9 Å². The fourth-order valence-electron chi connectivity index (χ4n) is 0.653. The number of hydrogen-bond acceptors (Lipinski definition) is 1. The zero-order valence-corrected chi connectivity index (χ0v) is 6.35. The van der Waals surface area contributed by atoms with Crippen molar-refractivity contribution in [1.29, 1.82) is 0 Å². The van der Waals surface area contributed by atoms with Crippen LogP contribution < -0.4 is 0 Å². The van der Waals surface area contributed by atoms with E-state index in [-0.39, 0.29) is 0 Å². The lowest BCUT2D eigenvalue weighted by Crippen LogP contribution is -1.88. The molecule has 1 heteroatoms. The molecule has 0 aromatic heterocycles. The van der Waals surface area contributed by atoms with E-state index in [2.05, 4.69) is 18.5 Å². The fraction of sp³-hybridized carbons (Fsp3) is 0.625. The van der Waals surface area contributed by atoms with Gasteiger partial charge in [0.2, 0.25) is 0 Å². The summed E-state index contributed by atoms with van der Waals surface area (Å²) in [4.78, 5) is 4.04. The summed E-state index contributed by atoms with van der Waals surface area (Å²) in [6.45, 7) is 7.74. The first-order valence-corrected chi connectivity index (χ1v) is 3.45. The first-order valence-electron chi connectivity index (χ1n) is 3.45. The Morgan fingerprint density at radius 1 is 1.67 bits per heavy atom. The number of rotatable bonds is 4. The lowest BCUT2D eigenvalue weighted by molar-refractivity contribution is 0.833. The van der Waals surface area contributed by atoms with Crippen molar-refractivity contribution in [3.05, 3.63) is 12.8 Å². The van der Waals surface area contributed by atoms with Crippen molar-refractivity contribution in [2.45, 2.75) is 33.1 Å². The summed E-state index contributed by atoms with van der Waals surface area (Å²) in [7, 11) is 0. The predicted octanol–water partition coefficient (Wildman–Crippen LogP) is 2.78. The summed E-state index contributed by atoms with van der Waals surface area (Å²) in [5.41, 5.74) is 1.19. The highest BCUT2D eigenvalue weighted by atomic mass is 14.7. The Balaban J connectivity index is 3.36. The number of nitrogens with zero attached hydrogens (tertiary/aromatic N) is 1. The van der Waals surface area contributed by atoms with E-state index < -0.39 is 0 Å². The molecule has 0 aliphatic rings. The highest BCUT2D eigenvalue weighted by molar-refractivity contribution is 5.82. The minimum atomic E-state index is 1.11. The van der Waals surface area contributed by atoms with Gasteiger partial charge in [-0.3, -0.25) is 4.99 Å². The van der Waals surface area contributed by atoms with Crippen LogP contribution in [-0.4, -0.2) is 5.71 Å². The van der Waals surface area contributed by atoms with Crippen molar-refractivity contribution < 1.29 is 0 Å². The van der Waals surface area contributed by atoms with Gasteiger partial charge in [0.05, 0.1) is 0 Å². The molecular weight excluding hydrogens is 110 g/mol. The third-order valence-corrected chi connectivity index (χ3v) is 1.20. The minimum absolute atomic E-state index is 1.11. The van der Waals surface area contributed by atoms with Crippen LogP contribution in [0, 0.1) is 0 Å². The largest absolute Gasteiger partial charge is 0.267 e. The zero-order chi connectivity index (χ0) is 7.11. The molecule has 0 spiro atoms. The molecule has 0 N–H and O–H groups in total. The van der Waals surface area contributed by atoms with Crippen molar-refractivity contribution >= 4 is 5.71 Å². The van der Waals surface area contributed by atoms with E-state index in [1.807, 2.05) is 6.92 Å². The van der Waals surface area contributed by atoms with Crippen LogP contribution in [0.3, 0.4) is 0 Å². The van der Waals surface area contributed by atoms with Crippen molar-refractivity contribution in [3.63, 3.8) is 0 Å². The zero-order valence-electron chi connectivity index (χ0n) is 6.35. The van der Waals surface area contributed by atoms with Gasteiger partial charge >= 0.3 is 0 Å². The van der Waals surface area contributed by atoms with Crippen LogP contribution in [0.15, 0.2) is 17.8 Å². The molecule has 1 nitrogen and oxygen atoms in total. The van der Waals surface area contributed by atoms with Crippen molar-refractivity contribution in [2.24, 2.45) is 4.99 Å². The van der Waals surface area contributed by atoms with Gasteiger partial charge in [0.15, 0.2) is 0 Å². The van der Waals surface area contributed by atoms with E-state index in [1.54, 1.807) is 6.20 Å². The van der Waals surface area contributed by atoms with Crippen LogP contribution >= 0.6 is 0 Å². The monoisotopic (exact) mass is 125 g/mol. The van der Waals surface area contributed by atoms with E-state index in [1.165, 1.54) is 18.6 Å². The highest BCUT2D eigenvalue weighted by Crippen LogP contribution is 1.96. The maximum Gasteiger partial charge on any atom is 0.0195 e. The molecule has 0 amide bonds. The third-order valence-electron chi connectivity index (χ3n) is 1.20. The SMILES string of the molecule is C=CN=C(C)CCCC. The van der Waals surface area contributed by atoms with Crippen LogP contribution in [0.2, 0.25) is 0 Å². The number of unbranched alkanes of at least 4 members (excludes halogenated alkanes) is 1. The van der Waals surface area contributed by atoms with Crippen LogP contribution in [-0.2, 0) is 0 Å². The molecule has 0 rings (SSSR count). The molecule has 0 bridgehead atoms. The second-order valence-corrected chi connectivity index (χ2v) is 2.15. The van der Waals surface area contributed by atoms with Gasteiger partial charge < -0.3 is 0 Å². The quantitative estimate of drug-likeness (QED) is 0.512. The van der Waals surface area contributed by atoms with Gasteiger partial charge in [-0.2, -0.15) is 0 Å². The van der Waals surface area contributed by atoms with E-state index in [0.29, 0.717) is 0 Å². The van der Waals surface area contributed by atoms with Gasteiger partial charge in [0.25, 0.3) is 0 Å². The molecule has 0 aromatic carbocycles. The Labute approximate surface area is 57.5 Å². The summed E-state index contributed by atoms with van der Waals surface area (Å²) in [6.07, 6.45) is 5.20. The van der Waals surface area contributed by atoms with E-state index in [0.717, 1.165) is 6.42 Å². The summed E-state index contributed by atoms with van der Waals surface area (Å²) in [5.74, 6) is 0. The summed E-state index contributed by atoms with van der Waals surface area (Å²) >= 11 is 0. The van der Waals surface area contributed by atoms with Gasteiger partial charge in [-0.25, -0.2) is 0 Å². The van der Waals surface area contributed by atoms with Gasteiger partial charge in [0.1, 0.15) is 0 Å². The molecule has 0 fully saturated rings. The maximum atomic E-state index is 4.04. The minimum Gasteiger partial charge on any atom is -0.267 e. The Morgan fingerprint density at radius 2 is 2.33 bits per heavy atom. The molecule has 0 saturated carbocycles. The van der Waals surface area contributed by atoms with Crippen molar-refractivity contribution in [3.8, 4) is 0 Å². The van der Waals surface area contributed by atoms with Gasteiger partial charge in [-0.15, -0.1) is 0 Å². The van der Waals surface area contributed by atoms with Crippen molar-refractivity contribution in [2.75, 3.05) is 0 Å². The second-order valence-electron chi connectivity index (χ2n) is 2.15. The Bertz CT molecular complexity index is 103.